The molecule has 0 saturated carbocycles. The van der Waals surface area contributed by atoms with Crippen LogP contribution in [0.5, 0.6) is 0 Å². The van der Waals surface area contributed by atoms with Gasteiger partial charge in [0.05, 0.1) is 18.8 Å². The number of hydrazine groups is 1. The number of hydrogen-bond donors (Lipinski definition) is 3. The summed E-state index contributed by atoms with van der Waals surface area (Å²) in [6.45, 7) is 2.02. The molecule has 1 atom stereocenters. The monoisotopic (exact) mass is 511 g/mol. The number of carbonyl (C=O) groups excluding carboxylic acids is 4. The van der Waals surface area contributed by atoms with Crippen LogP contribution >= 0.6 is 0 Å². The minimum Gasteiger partial charge on any atom is -0.444 e. The van der Waals surface area contributed by atoms with E-state index in [1.807, 2.05) is 0 Å². The van der Waals surface area contributed by atoms with Crippen molar-refractivity contribution < 1.29 is 37.8 Å². The molecule has 2 aliphatic heterocycles. The summed E-state index contributed by atoms with van der Waals surface area (Å²) < 4.78 is 35.3. The molecule has 3 rings (SSSR count). The highest BCUT2D eigenvalue weighted by molar-refractivity contribution is 5.90. The molecule has 2 aliphatic rings. The number of rotatable bonds is 10. The summed E-state index contributed by atoms with van der Waals surface area (Å²) in [6.07, 6.45) is -0.136. The number of anilines is 2. The van der Waals surface area contributed by atoms with Crippen LogP contribution < -0.4 is 20.5 Å². The number of Topliss-reactive ketones (excluding diaryl/α,β-unsaturated/α-hetero) is 1. The highest BCUT2D eigenvalue weighted by atomic mass is 19.1. The number of nitrogens with one attached hydrogen (secondary N) is 2. The molecule has 0 unspecified atom stereocenters. The Morgan fingerprint density at radius 1 is 1.17 bits per heavy atom. The van der Waals surface area contributed by atoms with Gasteiger partial charge in [-0.15, -0.1) is 0 Å². The average molecular weight is 512 g/mol. The number of ketones is 1. The van der Waals surface area contributed by atoms with E-state index >= 15 is 8.78 Å². The van der Waals surface area contributed by atoms with E-state index in [2.05, 4.69) is 10.7 Å². The number of amides is 3. The zero-order valence-electron chi connectivity index (χ0n) is 20.1. The number of aliphatic hydroxyl groups is 1. The lowest BCUT2D eigenvalue weighted by molar-refractivity contribution is -0.134. The molecule has 2 saturated heterocycles. The molecule has 11 nitrogen and oxygen atoms in total. The first-order valence-corrected chi connectivity index (χ1v) is 11.8. The van der Waals surface area contributed by atoms with Gasteiger partial charge in [-0.2, -0.15) is 0 Å². The Morgan fingerprint density at radius 2 is 1.89 bits per heavy atom. The summed E-state index contributed by atoms with van der Waals surface area (Å²) in [6, 6.07) is 2.16. The van der Waals surface area contributed by atoms with E-state index in [0.29, 0.717) is 12.8 Å². The molecule has 0 spiro atoms. The smallest absolute Gasteiger partial charge is 0.414 e. The molecule has 0 aromatic heterocycles. The van der Waals surface area contributed by atoms with Crippen LogP contribution in [-0.4, -0.2) is 85.8 Å². The van der Waals surface area contributed by atoms with Crippen LogP contribution in [0.25, 0.3) is 0 Å². The molecule has 3 amide bonds. The SMILES string of the molecule is CC(=O)CC[C@H]1CN(c2cc(F)c(N3CCNN(C(=O)CCCNC(=O)CO)CC3)c(F)c2)C(=O)O1. The fraction of sp³-hybridized carbons (Fsp3) is 0.565. The van der Waals surface area contributed by atoms with Gasteiger partial charge in [0.2, 0.25) is 11.8 Å². The zero-order valence-corrected chi connectivity index (χ0v) is 20.1. The van der Waals surface area contributed by atoms with Crippen molar-refractivity contribution in [3.05, 3.63) is 23.8 Å². The zero-order chi connectivity index (χ0) is 26.2. The lowest BCUT2D eigenvalue weighted by Crippen LogP contribution is -2.43. The first-order chi connectivity index (χ1) is 17.2. The van der Waals surface area contributed by atoms with Crippen molar-refractivity contribution in [1.29, 1.82) is 0 Å². The summed E-state index contributed by atoms with van der Waals surface area (Å²) in [4.78, 5) is 49.5. The van der Waals surface area contributed by atoms with Crippen molar-refractivity contribution in [3.8, 4) is 0 Å². The van der Waals surface area contributed by atoms with E-state index in [1.165, 1.54) is 16.8 Å². The lowest BCUT2D eigenvalue weighted by atomic mass is 10.1. The Hall–Kier alpha value is -3.32. The number of aliphatic hydroxyl groups excluding tert-OH is 1. The molecule has 13 heteroatoms. The summed E-state index contributed by atoms with van der Waals surface area (Å²) in [5.74, 6) is -2.47. The van der Waals surface area contributed by atoms with Gasteiger partial charge >= 0.3 is 6.09 Å². The number of carbonyl (C=O) groups is 4. The minimum absolute atomic E-state index is 0.0297. The summed E-state index contributed by atoms with van der Waals surface area (Å²) in [5, 5.41) is 12.5. The molecular weight excluding hydrogens is 480 g/mol. The van der Waals surface area contributed by atoms with E-state index in [-0.39, 0.29) is 75.2 Å². The molecule has 3 N–H and O–H groups in total. The second-order valence-electron chi connectivity index (χ2n) is 8.67. The second-order valence-corrected chi connectivity index (χ2v) is 8.67. The number of nitrogens with zero attached hydrogens (tertiary/aromatic N) is 3. The van der Waals surface area contributed by atoms with Crippen LogP contribution in [0.2, 0.25) is 0 Å². The standard InChI is InChI=1S/C23H31F2N5O6/c1-15(32)4-5-17-13-29(23(35)36-17)16-11-18(24)22(19(25)12-16)28-8-7-27-30(10-9-28)21(34)3-2-6-26-20(33)14-31/h11-12,17,27,31H,2-10,13-14H2,1H3,(H,26,33)/t17-/m0/s1. The number of hydrogen-bond acceptors (Lipinski definition) is 8. The number of benzene rings is 1. The molecular formula is C23H31F2N5O6. The quantitative estimate of drug-likeness (QED) is 0.392. The average Bonchev–Trinajstić information content (AvgIpc) is 3.04. The molecule has 1 aromatic rings. The Bertz CT molecular complexity index is 971. The summed E-state index contributed by atoms with van der Waals surface area (Å²) in [5.41, 5.74) is 2.73. The Kier molecular flexibility index (Phi) is 9.53. The van der Waals surface area contributed by atoms with E-state index in [9.17, 15) is 19.2 Å². The maximum absolute atomic E-state index is 15.1. The van der Waals surface area contributed by atoms with Crippen molar-refractivity contribution in [3.63, 3.8) is 0 Å². The molecule has 0 radical (unpaired) electrons. The van der Waals surface area contributed by atoms with E-state index in [0.717, 1.165) is 17.0 Å². The third kappa shape index (κ3) is 7.10. The van der Waals surface area contributed by atoms with Gasteiger partial charge in [0.1, 0.15) is 24.2 Å². The molecule has 0 bridgehead atoms. The van der Waals surface area contributed by atoms with Crippen LogP contribution in [-0.2, 0) is 19.1 Å². The van der Waals surface area contributed by atoms with Gasteiger partial charge in [-0.3, -0.25) is 19.5 Å². The van der Waals surface area contributed by atoms with Gasteiger partial charge in [0.15, 0.2) is 11.6 Å². The van der Waals surface area contributed by atoms with Gasteiger partial charge in [0, 0.05) is 51.2 Å². The van der Waals surface area contributed by atoms with Gasteiger partial charge in [0.25, 0.3) is 0 Å². The maximum Gasteiger partial charge on any atom is 0.414 e. The van der Waals surface area contributed by atoms with Gasteiger partial charge in [-0.25, -0.2) is 19.0 Å². The third-order valence-electron chi connectivity index (χ3n) is 5.93. The molecule has 2 fully saturated rings. The van der Waals surface area contributed by atoms with Crippen molar-refractivity contribution in [2.24, 2.45) is 0 Å². The van der Waals surface area contributed by atoms with Gasteiger partial charge < -0.3 is 24.9 Å². The predicted molar refractivity (Wildman–Crippen MR) is 125 cm³/mol. The summed E-state index contributed by atoms with van der Waals surface area (Å²) >= 11 is 0. The highest BCUT2D eigenvalue weighted by Gasteiger charge is 2.34. The normalized spacial score (nSPS) is 18.2. The lowest BCUT2D eigenvalue weighted by Gasteiger charge is -2.25. The van der Waals surface area contributed by atoms with E-state index in [4.69, 9.17) is 9.84 Å². The van der Waals surface area contributed by atoms with Crippen molar-refractivity contribution in [2.75, 3.05) is 55.7 Å². The fourth-order valence-electron chi connectivity index (χ4n) is 4.08. The van der Waals surface area contributed by atoms with Gasteiger partial charge in [-0.05, 0) is 19.8 Å². The van der Waals surface area contributed by atoms with Crippen LogP contribution in [0.3, 0.4) is 0 Å². The largest absolute Gasteiger partial charge is 0.444 e. The first kappa shape index (κ1) is 27.3. The van der Waals surface area contributed by atoms with Crippen LogP contribution in [0.1, 0.15) is 32.6 Å². The molecule has 198 valence electrons. The van der Waals surface area contributed by atoms with Crippen LogP contribution in [0.15, 0.2) is 12.1 Å². The Balaban J connectivity index is 1.59. The first-order valence-electron chi connectivity index (χ1n) is 11.8. The molecule has 1 aromatic carbocycles. The van der Waals surface area contributed by atoms with E-state index in [1.54, 1.807) is 0 Å². The number of cyclic esters (lactones) is 1. The van der Waals surface area contributed by atoms with Gasteiger partial charge in [-0.1, -0.05) is 0 Å². The Morgan fingerprint density at radius 3 is 2.56 bits per heavy atom. The predicted octanol–water partition coefficient (Wildman–Crippen LogP) is 0.701. The van der Waals surface area contributed by atoms with E-state index < -0.39 is 36.3 Å². The van der Waals surface area contributed by atoms with Crippen LogP contribution in [0, 0.1) is 11.6 Å². The maximum atomic E-state index is 15.1. The molecule has 36 heavy (non-hydrogen) atoms. The fourth-order valence-corrected chi connectivity index (χ4v) is 4.08. The number of ether oxygens (including phenoxy) is 1. The Labute approximate surface area is 207 Å². The van der Waals surface area contributed by atoms with Crippen LogP contribution in [0.4, 0.5) is 25.0 Å². The third-order valence-corrected chi connectivity index (χ3v) is 5.93. The van der Waals surface area contributed by atoms with Crippen molar-refractivity contribution in [1.82, 2.24) is 15.8 Å². The molecule has 2 heterocycles. The number of halogens is 2. The second kappa shape index (κ2) is 12.6. The summed E-state index contributed by atoms with van der Waals surface area (Å²) in [7, 11) is 0. The van der Waals surface area contributed by atoms with Crippen molar-refractivity contribution >= 4 is 35.1 Å². The minimum atomic E-state index is -0.843. The topological polar surface area (TPSA) is 132 Å². The highest BCUT2D eigenvalue weighted by Crippen LogP contribution is 2.31. The van der Waals surface area contributed by atoms with Crippen molar-refractivity contribution in [2.45, 2.75) is 38.7 Å². The molecule has 0 aliphatic carbocycles.